The molecule has 1 amide bonds. The zero-order valence-electron chi connectivity index (χ0n) is 16.3. The lowest BCUT2D eigenvalue weighted by molar-refractivity contribution is -0.121. The monoisotopic (exact) mass is 490 g/mol. The topological polar surface area (TPSA) is 84.3 Å². The van der Waals surface area contributed by atoms with E-state index in [1.165, 1.54) is 16.4 Å². The molecule has 0 saturated heterocycles. The molecular formula is C21H23BrN4O3S. The smallest absolute Gasteiger partial charge is 0.243 e. The van der Waals surface area contributed by atoms with Gasteiger partial charge in [0, 0.05) is 36.5 Å². The standard InChI is InChI=1S/C21H23BrN4O3S/c22-19-9-7-18(8-10-19)15-26(30(28,29)20-5-2-1-3-6-20)16-21(27)24-11-4-13-25-14-12-23-17-25/h1-3,5-10,12,14,17H,4,11,13,15-16H2,(H,24,27). The van der Waals surface area contributed by atoms with Gasteiger partial charge in [-0.05, 0) is 36.2 Å². The minimum absolute atomic E-state index is 0.104. The molecule has 3 aromatic rings. The van der Waals surface area contributed by atoms with Crippen LogP contribution in [0.15, 0.2) is 82.7 Å². The summed E-state index contributed by atoms with van der Waals surface area (Å²) in [7, 11) is -3.82. The number of nitrogens with zero attached hydrogens (tertiary/aromatic N) is 3. The molecule has 0 bridgehead atoms. The van der Waals surface area contributed by atoms with Gasteiger partial charge in [0.15, 0.2) is 0 Å². The zero-order valence-corrected chi connectivity index (χ0v) is 18.7. The minimum Gasteiger partial charge on any atom is -0.355 e. The van der Waals surface area contributed by atoms with Crippen molar-refractivity contribution in [2.75, 3.05) is 13.1 Å². The van der Waals surface area contributed by atoms with Crippen molar-refractivity contribution in [2.24, 2.45) is 0 Å². The van der Waals surface area contributed by atoms with Crippen LogP contribution in [0.5, 0.6) is 0 Å². The Kier molecular flexibility index (Phi) is 7.78. The van der Waals surface area contributed by atoms with Gasteiger partial charge in [0.05, 0.1) is 17.8 Å². The van der Waals surface area contributed by atoms with E-state index in [0.29, 0.717) is 6.54 Å². The molecule has 0 spiro atoms. The summed E-state index contributed by atoms with van der Waals surface area (Å²) in [4.78, 5) is 16.6. The molecular weight excluding hydrogens is 468 g/mol. The zero-order chi connectivity index (χ0) is 21.4. The minimum atomic E-state index is -3.82. The van der Waals surface area contributed by atoms with E-state index in [1.807, 2.05) is 35.0 Å². The van der Waals surface area contributed by atoms with Crippen molar-refractivity contribution in [1.29, 1.82) is 0 Å². The highest BCUT2D eigenvalue weighted by Crippen LogP contribution is 2.19. The van der Waals surface area contributed by atoms with E-state index in [4.69, 9.17) is 0 Å². The maximum atomic E-state index is 13.2. The molecule has 1 N–H and O–H groups in total. The summed E-state index contributed by atoms with van der Waals surface area (Å²) >= 11 is 3.38. The molecule has 0 radical (unpaired) electrons. The van der Waals surface area contributed by atoms with Crippen molar-refractivity contribution in [2.45, 2.75) is 24.4 Å². The van der Waals surface area contributed by atoms with E-state index in [9.17, 15) is 13.2 Å². The van der Waals surface area contributed by atoms with Crippen LogP contribution in [0.2, 0.25) is 0 Å². The first-order valence-corrected chi connectivity index (χ1v) is 11.7. The SMILES string of the molecule is O=C(CN(Cc1ccc(Br)cc1)S(=O)(=O)c1ccccc1)NCCCn1ccnc1. The second-order valence-electron chi connectivity index (χ2n) is 6.72. The van der Waals surface area contributed by atoms with Crippen LogP contribution in [0.1, 0.15) is 12.0 Å². The number of benzene rings is 2. The molecule has 0 unspecified atom stereocenters. The van der Waals surface area contributed by atoms with Gasteiger partial charge in [-0.1, -0.05) is 46.3 Å². The van der Waals surface area contributed by atoms with Gasteiger partial charge in [0.25, 0.3) is 0 Å². The van der Waals surface area contributed by atoms with Gasteiger partial charge in [0.2, 0.25) is 15.9 Å². The molecule has 1 aromatic heterocycles. The van der Waals surface area contributed by atoms with Gasteiger partial charge in [-0.15, -0.1) is 0 Å². The first-order valence-electron chi connectivity index (χ1n) is 9.47. The van der Waals surface area contributed by atoms with Gasteiger partial charge >= 0.3 is 0 Å². The molecule has 0 saturated carbocycles. The molecule has 0 atom stereocenters. The second kappa shape index (κ2) is 10.5. The Hall–Kier alpha value is -2.49. The van der Waals surface area contributed by atoms with E-state index in [0.717, 1.165) is 23.0 Å². The van der Waals surface area contributed by atoms with Gasteiger partial charge in [-0.25, -0.2) is 13.4 Å². The number of carbonyl (C=O) groups is 1. The molecule has 7 nitrogen and oxygen atoms in total. The fourth-order valence-electron chi connectivity index (χ4n) is 2.89. The number of amides is 1. The Morgan fingerprint density at radius 2 is 1.83 bits per heavy atom. The molecule has 158 valence electrons. The lowest BCUT2D eigenvalue weighted by Gasteiger charge is -2.22. The summed E-state index contributed by atoms with van der Waals surface area (Å²) in [6.45, 7) is 1.03. The molecule has 1 heterocycles. The summed E-state index contributed by atoms with van der Waals surface area (Å²) in [6, 6.07) is 15.5. The largest absolute Gasteiger partial charge is 0.355 e. The van der Waals surface area contributed by atoms with Crippen molar-refractivity contribution < 1.29 is 13.2 Å². The number of aromatic nitrogens is 2. The van der Waals surface area contributed by atoms with Crippen molar-refractivity contribution in [3.05, 3.63) is 83.4 Å². The average Bonchev–Trinajstić information content (AvgIpc) is 3.26. The van der Waals surface area contributed by atoms with Gasteiger partial charge in [-0.2, -0.15) is 4.31 Å². The number of halogens is 1. The first kappa shape index (κ1) is 22.2. The van der Waals surface area contributed by atoms with E-state index in [2.05, 4.69) is 26.2 Å². The Bertz CT molecular complexity index is 1040. The number of hydrogen-bond donors (Lipinski definition) is 1. The Labute approximate surface area is 184 Å². The molecule has 9 heteroatoms. The second-order valence-corrected chi connectivity index (χ2v) is 9.57. The number of nitrogens with one attached hydrogen (secondary N) is 1. The third-order valence-electron chi connectivity index (χ3n) is 4.45. The van der Waals surface area contributed by atoms with E-state index >= 15 is 0 Å². The van der Waals surface area contributed by atoms with E-state index in [-0.39, 0.29) is 23.9 Å². The number of rotatable bonds is 10. The first-order chi connectivity index (χ1) is 14.4. The molecule has 0 aliphatic heterocycles. The summed E-state index contributed by atoms with van der Waals surface area (Å²) in [5.74, 6) is -0.336. The summed E-state index contributed by atoms with van der Waals surface area (Å²) < 4.78 is 30.3. The van der Waals surface area contributed by atoms with Crippen molar-refractivity contribution in [1.82, 2.24) is 19.2 Å². The third kappa shape index (κ3) is 6.25. The molecule has 30 heavy (non-hydrogen) atoms. The predicted octanol–water partition coefficient (Wildman–Crippen LogP) is 3.04. The van der Waals surface area contributed by atoms with Crippen LogP contribution in [0.25, 0.3) is 0 Å². The lowest BCUT2D eigenvalue weighted by atomic mass is 10.2. The van der Waals surface area contributed by atoms with Crippen LogP contribution in [0, 0.1) is 0 Å². The van der Waals surface area contributed by atoms with Gasteiger partial charge in [-0.3, -0.25) is 4.79 Å². The Balaban J connectivity index is 1.67. The van der Waals surface area contributed by atoms with Gasteiger partial charge in [0.1, 0.15) is 0 Å². The fraction of sp³-hybridized carbons (Fsp3) is 0.238. The summed E-state index contributed by atoms with van der Waals surface area (Å²) in [5, 5.41) is 2.81. The van der Waals surface area contributed by atoms with Crippen LogP contribution in [-0.2, 0) is 27.9 Å². The molecule has 0 fully saturated rings. The molecule has 2 aromatic carbocycles. The van der Waals surface area contributed by atoms with E-state index in [1.54, 1.807) is 30.7 Å². The highest BCUT2D eigenvalue weighted by molar-refractivity contribution is 9.10. The van der Waals surface area contributed by atoms with Crippen molar-refractivity contribution >= 4 is 31.9 Å². The quantitative estimate of drug-likeness (QED) is 0.442. The number of carbonyl (C=O) groups excluding carboxylic acids is 1. The number of imidazole rings is 1. The third-order valence-corrected chi connectivity index (χ3v) is 6.78. The predicted molar refractivity (Wildman–Crippen MR) is 118 cm³/mol. The van der Waals surface area contributed by atoms with Gasteiger partial charge < -0.3 is 9.88 Å². The van der Waals surface area contributed by atoms with Crippen molar-refractivity contribution in [3.8, 4) is 0 Å². The van der Waals surface area contributed by atoms with Crippen LogP contribution >= 0.6 is 15.9 Å². The summed E-state index contributed by atoms with van der Waals surface area (Å²) in [5.41, 5.74) is 0.797. The Morgan fingerprint density at radius 1 is 1.10 bits per heavy atom. The number of aryl methyl sites for hydroxylation is 1. The molecule has 0 aliphatic rings. The number of sulfonamides is 1. The lowest BCUT2D eigenvalue weighted by Crippen LogP contribution is -2.40. The maximum Gasteiger partial charge on any atom is 0.243 e. The van der Waals surface area contributed by atoms with Crippen LogP contribution < -0.4 is 5.32 Å². The molecule has 0 aliphatic carbocycles. The summed E-state index contributed by atoms with van der Waals surface area (Å²) in [6.07, 6.45) is 6.00. The van der Waals surface area contributed by atoms with Crippen LogP contribution in [-0.4, -0.2) is 41.3 Å². The molecule has 3 rings (SSSR count). The fourth-order valence-corrected chi connectivity index (χ4v) is 4.56. The normalized spacial score (nSPS) is 11.5. The van der Waals surface area contributed by atoms with E-state index < -0.39 is 10.0 Å². The van der Waals surface area contributed by atoms with Crippen LogP contribution in [0.3, 0.4) is 0 Å². The van der Waals surface area contributed by atoms with Crippen molar-refractivity contribution in [3.63, 3.8) is 0 Å². The highest BCUT2D eigenvalue weighted by Gasteiger charge is 2.26. The number of hydrogen-bond acceptors (Lipinski definition) is 4. The Morgan fingerprint density at radius 3 is 2.50 bits per heavy atom. The van der Waals surface area contributed by atoms with Crippen LogP contribution in [0.4, 0.5) is 0 Å². The average molecular weight is 491 g/mol. The maximum absolute atomic E-state index is 13.2. The highest BCUT2D eigenvalue weighted by atomic mass is 79.9.